The van der Waals surface area contributed by atoms with E-state index in [0.717, 1.165) is 12.1 Å². The summed E-state index contributed by atoms with van der Waals surface area (Å²) in [4.78, 5) is 14.6. The number of hydrogen-bond donors (Lipinski definition) is 0. The third-order valence-corrected chi connectivity index (χ3v) is 4.48. The van der Waals surface area contributed by atoms with E-state index < -0.39 is 0 Å². The van der Waals surface area contributed by atoms with E-state index in [1.807, 2.05) is 52.6 Å². The summed E-state index contributed by atoms with van der Waals surface area (Å²) in [6, 6.07) is 12.4. The number of halogens is 2. The first-order valence-electron chi connectivity index (χ1n) is 6.44. The average molecular weight is 381 g/mol. The maximum atomic E-state index is 13.2. The van der Waals surface area contributed by atoms with Crippen LogP contribution in [-0.4, -0.2) is 11.9 Å². The summed E-state index contributed by atoms with van der Waals surface area (Å²) < 4.78 is 13.8. The van der Waals surface area contributed by atoms with Gasteiger partial charge in [-0.2, -0.15) is 0 Å². The number of nitrogens with zero attached hydrogens (tertiary/aromatic N) is 1. The molecule has 0 spiro atoms. The van der Waals surface area contributed by atoms with Crippen LogP contribution in [0.2, 0.25) is 0 Å². The largest absolute Gasteiger partial charge is 0.305 e. The minimum Gasteiger partial charge on any atom is -0.305 e. The summed E-state index contributed by atoms with van der Waals surface area (Å²) in [7, 11) is 0. The molecule has 0 aliphatic carbocycles. The van der Waals surface area contributed by atoms with E-state index in [-0.39, 0.29) is 17.8 Å². The van der Waals surface area contributed by atoms with Gasteiger partial charge in [-0.05, 0) is 65.8 Å². The molecule has 1 unspecified atom stereocenters. The summed E-state index contributed by atoms with van der Waals surface area (Å²) in [6.07, 6.45) is 0.861. The minimum absolute atomic E-state index is 0.0631. The predicted molar refractivity (Wildman–Crippen MR) is 85.5 cm³/mol. The van der Waals surface area contributed by atoms with Crippen LogP contribution in [-0.2, 0) is 6.42 Å². The number of para-hydroxylation sites is 1. The highest BCUT2D eigenvalue weighted by Crippen LogP contribution is 2.33. The maximum Gasteiger partial charge on any atom is 0.259 e. The first kappa shape index (κ1) is 13.5. The van der Waals surface area contributed by atoms with Gasteiger partial charge in [-0.15, -0.1) is 0 Å². The normalized spacial score (nSPS) is 17.1. The van der Waals surface area contributed by atoms with Gasteiger partial charge < -0.3 is 4.90 Å². The van der Waals surface area contributed by atoms with Gasteiger partial charge in [-0.3, -0.25) is 4.79 Å². The molecule has 102 valence electrons. The van der Waals surface area contributed by atoms with Gasteiger partial charge in [-0.25, -0.2) is 4.39 Å². The second kappa shape index (κ2) is 5.16. The van der Waals surface area contributed by atoms with Crippen LogP contribution < -0.4 is 4.90 Å². The topological polar surface area (TPSA) is 20.3 Å². The Bertz CT molecular complexity index is 686. The molecule has 1 amide bonds. The van der Waals surface area contributed by atoms with Gasteiger partial charge in [0.2, 0.25) is 0 Å². The molecule has 2 nitrogen and oxygen atoms in total. The second-order valence-electron chi connectivity index (χ2n) is 4.98. The molecule has 0 bridgehead atoms. The van der Waals surface area contributed by atoms with E-state index in [1.165, 1.54) is 17.7 Å². The lowest BCUT2D eigenvalue weighted by atomic mass is 10.1. The van der Waals surface area contributed by atoms with E-state index in [0.29, 0.717) is 9.13 Å². The van der Waals surface area contributed by atoms with Gasteiger partial charge in [0.15, 0.2) is 0 Å². The Kier molecular flexibility index (Phi) is 3.50. The lowest BCUT2D eigenvalue weighted by Crippen LogP contribution is -2.36. The number of hydrogen-bond acceptors (Lipinski definition) is 1. The molecule has 2 aromatic rings. The van der Waals surface area contributed by atoms with E-state index in [2.05, 4.69) is 6.07 Å². The lowest BCUT2D eigenvalue weighted by Gasteiger charge is -2.23. The van der Waals surface area contributed by atoms with Gasteiger partial charge in [0.05, 0.1) is 5.56 Å². The first-order valence-corrected chi connectivity index (χ1v) is 7.52. The zero-order valence-corrected chi connectivity index (χ0v) is 13.1. The zero-order chi connectivity index (χ0) is 14.3. The van der Waals surface area contributed by atoms with Crippen LogP contribution in [0.5, 0.6) is 0 Å². The van der Waals surface area contributed by atoms with Crippen LogP contribution >= 0.6 is 22.6 Å². The van der Waals surface area contributed by atoms with Gasteiger partial charge in [-0.1, -0.05) is 18.2 Å². The summed E-state index contributed by atoms with van der Waals surface area (Å²) in [5.41, 5.74) is 2.70. The molecule has 0 saturated carbocycles. The van der Waals surface area contributed by atoms with Crippen LogP contribution in [0.25, 0.3) is 0 Å². The number of anilines is 1. The number of carbonyl (C=O) groups excluding carboxylic acids is 1. The SMILES string of the molecule is CC1Cc2ccccc2N1C(=O)c1ccc(F)cc1I. The monoisotopic (exact) mass is 381 g/mol. The van der Waals surface area contributed by atoms with E-state index in [4.69, 9.17) is 0 Å². The van der Waals surface area contributed by atoms with Crippen molar-refractivity contribution >= 4 is 34.2 Å². The van der Waals surface area contributed by atoms with Crippen molar-refractivity contribution in [3.05, 3.63) is 63.0 Å². The van der Waals surface area contributed by atoms with Gasteiger partial charge in [0.1, 0.15) is 5.82 Å². The molecular formula is C16H13FINO. The van der Waals surface area contributed by atoms with Crippen molar-refractivity contribution in [2.45, 2.75) is 19.4 Å². The van der Waals surface area contributed by atoms with E-state index in [9.17, 15) is 9.18 Å². The Morgan fingerprint density at radius 1 is 1.30 bits per heavy atom. The fraction of sp³-hybridized carbons (Fsp3) is 0.188. The highest BCUT2D eigenvalue weighted by Gasteiger charge is 2.31. The van der Waals surface area contributed by atoms with E-state index in [1.54, 1.807) is 6.07 Å². The number of benzene rings is 2. The van der Waals surface area contributed by atoms with Crippen molar-refractivity contribution in [2.24, 2.45) is 0 Å². The summed E-state index contributed by atoms with van der Waals surface area (Å²) in [5, 5.41) is 0. The molecule has 0 fully saturated rings. The van der Waals surface area contributed by atoms with Crippen molar-refractivity contribution in [3.63, 3.8) is 0 Å². The highest BCUT2D eigenvalue weighted by atomic mass is 127. The summed E-state index contributed by atoms with van der Waals surface area (Å²) in [6.45, 7) is 2.04. The van der Waals surface area contributed by atoms with Gasteiger partial charge >= 0.3 is 0 Å². The molecule has 2 aromatic carbocycles. The van der Waals surface area contributed by atoms with Crippen molar-refractivity contribution in [1.29, 1.82) is 0 Å². The number of rotatable bonds is 1. The second-order valence-corrected chi connectivity index (χ2v) is 6.14. The molecule has 20 heavy (non-hydrogen) atoms. The molecule has 0 aromatic heterocycles. The molecule has 1 heterocycles. The third kappa shape index (κ3) is 2.22. The zero-order valence-electron chi connectivity index (χ0n) is 10.9. The van der Waals surface area contributed by atoms with Crippen LogP contribution in [0.1, 0.15) is 22.8 Å². The molecule has 0 saturated heterocycles. The molecule has 0 N–H and O–H groups in total. The molecule has 1 aliphatic heterocycles. The number of amides is 1. The highest BCUT2D eigenvalue weighted by molar-refractivity contribution is 14.1. The van der Waals surface area contributed by atoms with Crippen LogP contribution in [0.15, 0.2) is 42.5 Å². The quantitative estimate of drug-likeness (QED) is 0.684. The first-order chi connectivity index (χ1) is 9.58. The summed E-state index contributed by atoms with van der Waals surface area (Å²) >= 11 is 2.01. The Morgan fingerprint density at radius 2 is 2.05 bits per heavy atom. The molecule has 1 atom stereocenters. The Hall–Kier alpha value is -1.43. The third-order valence-electron chi connectivity index (χ3n) is 3.59. The molecule has 4 heteroatoms. The standard InChI is InChI=1S/C16H13FINO/c1-10-8-11-4-2-3-5-15(11)19(10)16(20)13-7-6-12(17)9-14(13)18/h2-7,9-10H,8H2,1H3. The van der Waals surface area contributed by atoms with Gasteiger partial charge in [0.25, 0.3) is 5.91 Å². The van der Waals surface area contributed by atoms with Crippen molar-refractivity contribution in [1.82, 2.24) is 0 Å². The minimum atomic E-state index is -0.319. The molecule has 0 radical (unpaired) electrons. The smallest absolute Gasteiger partial charge is 0.259 e. The fourth-order valence-corrected chi connectivity index (χ4v) is 3.38. The van der Waals surface area contributed by atoms with Crippen molar-refractivity contribution < 1.29 is 9.18 Å². The van der Waals surface area contributed by atoms with Crippen molar-refractivity contribution in [2.75, 3.05) is 4.90 Å². The van der Waals surface area contributed by atoms with Crippen molar-refractivity contribution in [3.8, 4) is 0 Å². The van der Waals surface area contributed by atoms with Crippen LogP contribution in [0.3, 0.4) is 0 Å². The Labute approximate surface area is 130 Å². The molecule has 1 aliphatic rings. The fourth-order valence-electron chi connectivity index (χ4n) is 2.67. The molecular weight excluding hydrogens is 368 g/mol. The predicted octanol–water partition coefficient (Wildman–Crippen LogP) is 4.02. The molecule has 3 rings (SSSR count). The maximum absolute atomic E-state index is 13.2. The van der Waals surface area contributed by atoms with Crippen LogP contribution in [0.4, 0.5) is 10.1 Å². The average Bonchev–Trinajstić information content (AvgIpc) is 2.73. The Morgan fingerprint density at radius 3 is 2.80 bits per heavy atom. The van der Waals surface area contributed by atoms with Gasteiger partial charge in [0, 0.05) is 15.3 Å². The Balaban J connectivity index is 2.03. The summed E-state index contributed by atoms with van der Waals surface area (Å²) in [5.74, 6) is -0.382. The number of fused-ring (bicyclic) bond motifs is 1. The van der Waals surface area contributed by atoms with E-state index >= 15 is 0 Å². The number of carbonyl (C=O) groups is 1. The van der Waals surface area contributed by atoms with Crippen LogP contribution in [0, 0.1) is 9.39 Å². The lowest BCUT2D eigenvalue weighted by molar-refractivity contribution is 0.0980.